The lowest BCUT2D eigenvalue weighted by Gasteiger charge is -2.28. The second-order valence-corrected chi connectivity index (χ2v) is 11.7. The number of carbonyl (C=O) groups excluding carboxylic acids is 2. The van der Waals surface area contributed by atoms with Crippen molar-refractivity contribution in [3.05, 3.63) is 81.4 Å². The third kappa shape index (κ3) is 6.98. The molecule has 2 aromatic heterocycles. The fraction of sp³-hybridized carbons (Fsp3) is 0.412. The van der Waals surface area contributed by atoms with Gasteiger partial charge in [0.1, 0.15) is 0 Å². The van der Waals surface area contributed by atoms with Crippen molar-refractivity contribution in [1.82, 2.24) is 19.9 Å². The molecule has 5 rings (SSSR count). The molecule has 0 spiro atoms. The molecule has 240 valence electrons. The highest BCUT2D eigenvalue weighted by Crippen LogP contribution is 2.41. The molecule has 0 unspecified atom stereocenters. The quantitative estimate of drug-likeness (QED) is 0.236. The van der Waals surface area contributed by atoms with Crippen molar-refractivity contribution in [1.29, 1.82) is 0 Å². The fourth-order valence-corrected chi connectivity index (χ4v) is 5.41. The van der Waals surface area contributed by atoms with Crippen LogP contribution >= 0.6 is 0 Å². The van der Waals surface area contributed by atoms with Gasteiger partial charge in [-0.1, -0.05) is 38.1 Å². The number of aromatic nitrogens is 3. The number of benzene rings is 2. The maximum absolute atomic E-state index is 15.5. The van der Waals surface area contributed by atoms with Gasteiger partial charge in [0.2, 0.25) is 0 Å². The van der Waals surface area contributed by atoms with Crippen molar-refractivity contribution in [2.75, 3.05) is 6.61 Å². The summed E-state index contributed by atoms with van der Waals surface area (Å²) < 4.78 is 42.1. The average Bonchev–Trinajstić information content (AvgIpc) is 3.44. The van der Waals surface area contributed by atoms with Crippen molar-refractivity contribution in [3.63, 3.8) is 0 Å². The summed E-state index contributed by atoms with van der Waals surface area (Å²) in [6.45, 7) is 15.2. The van der Waals surface area contributed by atoms with Crippen LogP contribution in [-0.4, -0.2) is 38.7 Å². The molecule has 1 N–H and O–H groups in total. The second kappa shape index (κ2) is 13.7. The van der Waals surface area contributed by atoms with Crippen LogP contribution < -0.4 is 10.1 Å². The first-order valence-corrected chi connectivity index (χ1v) is 15.1. The van der Waals surface area contributed by atoms with E-state index in [1.807, 2.05) is 52.0 Å². The second-order valence-electron chi connectivity index (χ2n) is 11.7. The molecule has 45 heavy (non-hydrogen) atoms. The van der Waals surface area contributed by atoms with Gasteiger partial charge >= 0.3 is 5.97 Å². The number of hydrogen-bond donors (Lipinski definition) is 1. The van der Waals surface area contributed by atoms with E-state index in [0.717, 1.165) is 11.1 Å². The normalized spacial score (nSPS) is 13.3. The molecule has 1 atom stereocenters. The van der Waals surface area contributed by atoms with Crippen molar-refractivity contribution in [3.8, 4) is 17.0 Å². The van der Waals surface area contributed by atoms with Gasteiger partial charge in [-0.05, 0) is 77.1 Å². The van der Waals surface area contributed by atoms with Gasteiger partial charge in [-0.2, -0.15) is 5.10 Å². The predicted molar refractivity (Wildman–Crippen MR) is 166 cm³/mol. The molecule has 3 heterocycles. The van der Waals surface area contributed by atoms with Crippen LogP contribution in [0.25, 0.3) is 16.9 Å². The molecule has 2 aromatic carbocycles. The molecule has 9 nitrogen and oxygen atoms in total. The standard InChI is InChI=1S/C32H34F2N4O5.C2H6/c1-17-10-7-8-11-20(17)16-35-30(39)24-15-25-36-19(3)26(29(31(40)43-34)42-32(4,5)6)27(38(25)37-24)22-14-23(33)28-21(18(22)2)12-9-13-41-28;1-2/h7-8,10-11,14-15,29H,9,12-13,16H2,1-6H3,(H,35,39);1-2H3/t29-;/m0./s1. The van der Waals surface area contributed by atoms with E-state index in [1.165, 1.54) is 16.6 Å². The van der Waals surface area contributed by atoms with Gasteiger partial charge in [-0.15, -0.1) is 0 Å². The van der Waals surface area contributed by atoms with Gasteiger partial charge in [0.15, 0.2) is 29.0 Å². The molecule has 1 aliphatic heterocycles. The van der Waals surface area contributed by atoms with E-state index in [4.69, 9.17) is 9.47 Å². The van der Waals surface area contributed by atoms with E-state index in [2.05, 4.69) is 20.3 Å². The molecule has 0 aliphatic carbocycles. The Bertz CT molecular complexity index is 1730. The summed E-state index contributed by atoms with van der Waals surface area (Å²) in [6, 6.07) is 10.5. The van der Waals surface area contributed by atoms with Crippen molar-refractivity contribution >= 4 is 17.5 Å². The molecular weight excluding hydrogens is 582 g/mol. The highest BCUT2D eigenvalue weighted by atomic mass is 19.3. The Balaban J connectivity index is 0.00000226. The molecule has 0 saturated carbocycles. The van der Waals surface area contributed by atoms with Crippen molar-refractivity contribution in [2.45, 2.75) is 86.5 Å². The number of aryl methyl sites for hydroxylation is 2. The summed E-state index contributed by atoms with van der Waals surface area (Å²) in [5.74, 6) is -2.17. The highest BCUT2D eigenvalue weighted by molar-refractivity contribution is 5.93. The lowest BCUT2D eigenvalue weighted by Crippen LogP contribution is -2.29. The van der Waals surface area contributed by atoms with Crippen LogP contribution in [0.5, 0.6) is 5.75 Å². The van der Waals surface area contributed by atoms with Gasteiger partial charge in [-0.3, -0.25) is 9.74 Å². The summed E-state index contributed by atoms with van der Waals surface area (Å²) >= 11 is 0. The number of hydrogen-bond acceptors (Lipinski definition) is 7. The molecule has 1 aliphatic rings. The largest absolute Gasteiger partial charge is 0.490 e. The molecular formula is C34H40F2N4O5. The lowest BCUT2D eigenvalue weighted by molar-refractivity contribution is -0.205. The maximum Gasteiger partial charge on any atom is 0.381 e. The van der Waals surface area contributed by atoms with E-state index in [1.54, 1.807) is 27.7 Å². The summed E-state index contributed by atoms with van der Waals surface area (Å²) in [6.07, 6.45) is -0.297. The Morgan fingerprint density at radius 2 is 1.84 bits per heavy atom. The van der Waals surface area contributed by atoms with Crippen molar-refractivity contribution < 1.29 is 32.9 Å². The molecule has 4 aromatic rings. The lowest BCUT2D eigenvalue weighted by atomic mass is 9.91. The summed E-state index contributed by atoms with van der Waals surface area (Å²) in [5.41, 5.74) is 3.79. The first-order chi connectivity index (χ1) is 21.4. The number of nitrogens with zero attached hydrogens (tertiary/aromatic N) is 3. The number of rotatable bonds is 7. The first kappa shape index (κ1) is 33.5. The molecule has 0 bridgehead atoms. The van der Waals surface area contributed by atoms with E-state index in [-0.39, 0.29) is 34.9 Å². The third-order valence-corrected chi connectivity index (χ3v) is 7.48. The highest BCUT2D eigenvalue weighted by Gasteiger charge is 2.36. The molecule has 0 radical (unpaired) electrons. The summed E-state index contributed by atoms with van der Waals surface area (Å²) in [5, 5.41) is 7.44. The van der Waals surface area contributed by atoms with E-state index < -0.39 is 29.4 Å². The number of ether oxygens (including phenoxy) is 2. The predicted octanol–water partition coefficient (Wildman–Crippen LogP) is 7.03. The molecule has 1 amide bonds. The van der Waals surface area contributed by atoms with Crippen LogP contribution in [0.1, 0.15) is 91.1 Å². The fourth-order valence-electron chi connectivity index (χ4n) is 5.41. The summed E-state index contributed by atoms with van der Waals surface area (Å²) in [4.78, 5) is 34.4. The zero-order chi connectivity index (χ0) is 33.1. The third-order valence-electron chi connectivity index (χ3n) is 7.48. The number of fused-ring (bicyclic) bond motifs is 2. The minimum atomic E-state index is -1.57. The van der Waals surface area contributed by atoms with Crippen LogP contribution in [0.3, 0.4) is 0 Å². The van der Waals surface area contributed by atoms with Gasteiger partial charge in [0, 0.05) is 39.5 Å². The Morgan fingerprint density at radius 3 is 2.51 bits per heavy atom. The van der Waals surface area contributed by atoms with Crippen LogP contribution in [0.2, 0.25) is 0 Å². The topological polar surface area (TPSA) is 104 Å². The number of amides is 1. The van der Waals surface area contributed by atoms with Crippen LogP contribution in [0, 0.1) is 26.6 Å². The molecule has 11 heteroatoms. The van der Waals surface area contributed by atoms with Crippen LogP contribution in [-0.2, 0) is 27.4 Å². The number of halogens is 2. The number of carbonyl (C=O) groups is 2. The molecule has 0 fully saturated rings. The van der Waals surface area contributed by atoms with Crippen LogP contribution in [0.4, 0.5) is 8.92 Å². The van der Waals surface area contributed by atoms with Crippen LogP contribution in [0.15, 0.2) is 36.4 Å². The zero-order valence-corrected chi connectivity index (χ0v) is 27.0. The van der Waals surface area contributed by atoms with E-state index >= 15 is 4.39 Å². The summed E-state index contributed by atoms with van der Waals surface area (Å²) in [7, 11) is 0. The monoisotopic (exact) mass is 622 g/mol. The Kier molecular flexibility index (Phi) is 10.2. The van der Waals surface area contributed by atoms with Gasteiger partial charge < -0.3 is 14.8 Å². The minimum Gasteiger partial charge on any atom is -0.490 e. The Hall–Kier alpha value is -4.38. The average molecular weight is 623 g/mol. The van der Waals surface area contributed by atoms with E-state index in [0.29, 0.717) is 41.8 Å². The van der Waals surface area contributed by atoms with Gasteiger partial charge in [0.05, 0.1) is 17.9 Å². The Morgan fingerprint density at radius 1 is 1.13 bits per heavy atom. The first-order valence-electron chi connectivity index (χ1n) is 15.1. The van der Waals surface area contributed by atoms with E-state index in [9.17, 15) is 14.1 Å². The smallest absolute Gasteiger partial charge is 0.381 e. The molecule has 0 saturated heterocycles. The van der Waals surface area contributed by atoms with Gasteiger partial charge in [0.25, 0.3) is 5.91 Å². The zero-order valence-electron chi connectivity index (χ0n) is 27.0. The maximum atomic E-state index is 15.5. The van der Waals surface area contributed by atoms with Crippen molar-refractivity contribution in [2.24, 2.45) is 0 Å². The number of nitrogens with one attached hydrogen (secondary N) is 1. The van der Waals surface area contributed by atoms with Gasteiger partial charge in [-0.25, -0.2) is 18.7 Å². The Labute approximate surface area is 261 Å². The minimum absolute atomic E-state index is 0.0552. The SMILES string of the molecule is CC.Cc1ccccc1CNC(=O)c1cc2nc(C)c([C@H](OC(C)(C)C)C(=O)OF)c(-c3cc(F)c4c(c3C)CCCO4)n2n1.